The molecule has 0 aromatic heterocycles. The lowest BCUT2D eigenvalue weighted by atomic mass is 10.1. The molecule has 1 aromatic rings. The largest absolute Gasteiger partial charge is 0.299 e. The van der Waals surface area contributed by atoms with Gasteiger partial charge in [-0.1, -0.05) is 30.7 Å². The topological polar surface area (TPSA) is 41.3 Å². The van der Waals surface area contributed by atoms with Crippen LogP contribution in [0.1, 0.15) is 30.4 Å². The Labute approximate surface area is 97.6 Å². The molecule has 88 valence electrons. The quantitative estimate of drug-likeness (QED) is 0.597. The van der Waals surface area contributed by atoms with Crippen LogP contribution in [0.15, 0.2) is 24.3 Å². The predicted molar refractivity (Wildman–Crippen MR) is 66.6 cm³/mol. The highest BCUT2D eigenvalue weighted by Gasteiger charge is 2.10. The van der Waals surface area contributed by atoms with Crippen molar-refractivity contribution < 1.29 is 0 Å². The lowest BCUT2D eigenvalue weighted by Gasteiger charge is -2.26. The molecule has 3 nitrogen and oxygen atoms in total. The molecule has 3 heteroatoms. The van der Waals surface area contributed by atoms with Gasteiger partial charge in [-0.25, -0.2) is 0 Å². The van der Waals surface area contributed by atoms with Crippen LogP contribution in [0.3, 0.4) is 0 Å². The maximum absolute atomic E-state index is 5.33. The van der Waals surface area contributed by atoms with E-state index in [-0.39, 0.29) is 0 Å². The summed E-state index contributed by atoms with van der Waals surface area (Å²) >= 11 is 0. The minimum atomic E-state index is 0.744. The molecule has 16 heavy (non-hydrogen) atoms. The van der Waals surface area contributed by atoms with Crippen molar-refractivity contribution in [3.05, 3.63) is 35.4 Å². The Morgan fingerprint density at radius 2 is 1.88 bits per heavy atom. The monoisotopic (exact) mass is 219 g/mol. The highest BCUT2D eigenvalue weighted by Crippen LogP contribution is 2.13. The van der Waals surface area contributed by atoms with Gasteiger partial charge < -0.3 is 0 Å². The molecule has 1 aliphatic heterocycles. The normalized spacial score (nSPS) is 17.6. The van der Waals surface area contributed by atoms with Crippen LogP contribution in [0.5, 0.6) is 0 Å². The minimum Gasteiger partial charge on any atom is -0.299 e. The zero-order chi connectivity index (χ0) is 11.2. The van der Waals surface area contributed by atoms with Gasteiger partial charge in [0.15, 0.2) is 0 Å². The fourth-order valence-electron chi connectivity index (χ4n) is 2.33. The Balaban J connectivity index is 1.94. The zero-order valence-electron chi connectivity index (χ0n) is 9.78. The number of nitrogens with zero attached hydrogens (tertiary/aromatic N) is 1. The van der Waals surface area contributed by atoms with E-state index in [1.54, 1.807) is 0 Å². The van der Waals surface area contributed by atoms with E-state index in [0.29, 0.717) is 0 Å². The Morgan fingerprint density at radius 1 is 1.12 bits per heavy atom. The minimum absolute atomic E-state index is 0.744. The Bertz CT molecular complexity index is 319. The molecule has 2 rings (SSSR count). The van der Waals surface area contributed by atoms with Crippen molar-refractivity contribution in [2.75, 3.05) is 13.1 Å². The van der Waals surface area contributed by atoms with Crippen LogP contribution in [0, 0.1) is 0 Å². The van der Waals surface area contributed by atoms with E-state index in [0.717, 1.165) is 13.1 Å². The average Bonchev–Trinajstić information content (AvgIpc) is 2.31. The SMILES string of the molecule is NNCc1cccc(CN2CCCCC2)c1. The average molecular weight is 219 g/mol. The molecule has 0 bridgehead atoms. The van der Waals surface area contributed by atoms with Crippen molar-refractivity contribution in [2.24, 2.45) is 5.84 Å². The fraction of sp³-hybridized carbons (Fsp3) is 0.538. The van der Waals surface area contributed by atoms with Crippen molar-refractivity contribution in [3.8, 4) is 0 Å². The Morgan fingerprint density at radius 3 is 2.62 bits per heavy atom. The van der Waals surface area contributed by atoms with E-state index in [9.17, 15) is 0 Å². The molecule has 1 aliphatic rings. The van der Waals surface area contributed by atoms with Crippen LogP contribution in [0.4, 0.5) is 0 Å². The molecule has 0 amide bonds. The van der Waals surface area contributed by atoms with E-state index in [1.165, 1.54) is 43.5 Å². The van der Waals surface area contributed by atoms with E-state index < -0.39 is 0 Å². The molecular weight excluding hydrogens is 198 g/mol. The summed E-state index contributed by atoms with van der Waals surface area (Å²) in [6.07, 6.45) is 4.10. The lowest BCUT2D eigenvalue weighted by Crippen LogP contribution is -2.29. The summed E-state index contributed by atoms with van der Waals surface area (Å²) in [5.41, 5.74) is 5.36. The molecule has 1 saturated heterocycles. The predicted octanol–water partition coefficient (Wildman–Crippen LogP) is 1.64. The summed E-state index contributed by atoms with van der Waals surface area (Å²) in [5.74, 6) is 5.33. The van der Waals surface area contributed by atoms with Gasteiger partial charge in [0, 0.05) is 13.1 Å². The number of hydrogen-bond acceptors (Lipinski definition) is 3. The Hall–Kier alpha value is -0.900. The first-order chi connectivity index (χ1) is 7.88. The first-order valence-electron chi connectivity index (χ1n) is 6.12. The smallest absolute Gasteiger partial charge is 0.0348 e. The molecule has 1 heterocycles. The third-order valence-corrected chi connectivity index (χ3v) is 3.15. The van der Waals surface area contributed by atoms with Crippen LogP contribution >= 0.6 is 0 Å². The van der Waals surface area contributed by atoms with Crippen molar-refractivity contribution in [1.82, 2.24) is 10.3 Å². The fourth-order valence-corrected chi connectivity index (χ4v) is 2.33. The molecule has 0 atom stereocenters. The van der Waals surface area contributed by atoms with Gasteiger partial charge in [0.2, 0.25) is 0 Å². The third kappa shape index (κ3) is 3.30. The van der Waals surface area contributed by atoms with Gasteiger partial charge in [0.25, 0.3) is 0 Å². The summed E-state index contributed by atoms with van der Waals surface area (Å²) in [6, 6.07) is 8.68. The first kappa shape index (κ1) is 11.6. The number of piperidine rings is 1. The number of likely N-dealkylation sites (tertiary alicyclic amines) is 1. The standard InChI is InChI=1S/C13H21N3/c14-15-10-12-5-4-6-13(9-12)11-16-7-2-1-3-8-16/h4-6,9,15H,1-3,7-8,10-11,14H2. The molecule has 0 radical (unpaired) electrons. The van der Waals surface area contributed by atoms with Gasteiger partial charge >= 0.3 is 0 Å². The maximum atomic E-state index is 5.33. The van der Waals surface area contributed by atoms with Crippen molar-refractivity contribution >= 4 is 0 Å². The summed E-state index contributed by atoms with van der Waals surface area (Å²) in [7, 11) is 0. The zero-order valence-corrected chi connectivity index (χ0v) is 9.78. The van der Waals surface area contributed by atoms with Crippen LogP contribution in [0.2, 0.25) is 0 Å². The van der Waals surface area contributed by atoms with Crippen LogP contribution in [-0.4, -0.2) is 18.0 Å². The van der Waals surface area contributed by atoms with E-state index in [2.05, 4.69) is 34.6 Å². The second-order valence-corrected chi connectivity index (χ2v) is 4.54. The van der Waals surface area contributed by atoms with Gasteiger partial charge in [-0.15, -0.1) is 0 Å². The van der Waals surface area contributed by atoms with E-state index in [4.69, 9.17) is 5.84 Å². The highest BCUT2D eigenvalue weighted by molar-refractivity contribution is 5.23. The van der Waals surface area contributed by atoms with Crippen molar-refractivity contribution in [2.45, 2.75) is 32.4 Å². The van der Waals surface area contributed by atoms with E-state index >= 15 is 0 Å². The molecule has 0 saturated carbocycles. The molecule has 0 spiro atoms. The van der Waals surface area contributed by atoms with Crippen LogP contribution in [0.25, 0.3) is 0 Å². The second kappa shape index (κ2) is 5.99. The van der Waals surface area contributed by atoms with Gasteiger partial charge in [0.05, 0.1) is 0 Å². The molecule has 0 unspecified atom stereocenters. The second-order valence-electron chi connectivity index (χ2n) is 4.54. The van der Waals surface area contributed by atoms with Crippen molar-refractivity contribution in [3.63, 3.8) is 0 Å². The molecular formula is C13H21N3. The molecule has 1 fully saturated rings. The summed E-state index contributed by atoms with van der Waals surface area (Å²) < 4.78 is 0. The van der Waals surface area contributed by atoms with Gasteiger partial charge in [-0.3, -0.25) is 16.2 Å². The third-order valence-electron chi connectivity index (χ3n) is 3.15. The number of benzene rings is 1. The summed E-state index contributed by atoms with van der Waals surface area (Å²) in [5, 5.41) is 0. The van der Waals surface area contributed by atoms with Crippen LogP contribution < -0.4 is 11.3 Å². The van der Waals surface area contributed by atoms with Crippen LogP contribution in [-0.2, 0) is 13.1 Å². The maximum Gasteiger partial charge on any atom is 0.0348 e. The molecule has 0 aliphatic carbocycles. The Kier molecular flexibility index (Phi) is 4.34. The number of nitrogens with one attached hydrogen (secondary N) is 1. The first-order valence-corrected chi connectivity index (χ1v) is 6.12. The van der Waals surface area contributed by atoms with Crippen molar-refractivity contribution in [1.29, 1.82) is 0 Å². The molecule has 3 N–H and O–H groups in total. The lowest BCUT2D eigenvalue weighted by molar-refractivity contribution is 0.221. The summed E-state index contributed by atoms with van der Waals surface area (Å²) in [4.78, 5) is 2.54. The number of rotatable bonds is 4. The number of hydrazine groups is 1. The van der Waals surface area contributed by atoms with Gasteiger partial charge in [0.1, 0.15) is 0 Å². The number of nitrogens with two attached hydrogens (primary N) is 1. The van der Waals surface area contributed by atoms with E-state index in [1.807, 2.05) is 0 Å². The van der Waals surface area contributed by atoms with Gasteiger partial charge in [-0.05, 0) is 37.1 Å². The molecule has 1 aromatic carbocycles. The van der Waals surface area contributed by atoms with Gasteiger partial charge in [-0.2, -0.15) is 0 Å². The highest BCUT2D eigenvalue weighted by atomic mass is 15.2. The summed E-state index contributed by atoms with van der Waals surface area (Å²) in [6.45, 7) is 4.32. The number of hydrogen-bond donors (Lipinski definition) is 2.